The minimum Gasteiger partial charge on any atom is -0.537 e. The number of hydrogen-bond acceptors (Lipinski definition) is 5. The zero-order valence-electron chi connectivity index (χ0n) is 64.1. The van der Waals surface area contributed by atoms with Gasteiger partial charge in [-0.05, 0) is 227 Å². The molecule has 4 aliphatic rings. The maximum Gasteiger partial charge on any atom is 0.569 e. The van der Waals surface area contributed by atoms with Gasteiger partial charge >= 0.3 is 7.69 Å². The summed E-state index contributed by atoms with van der Waals surface area (Å²) in [5.74, 6) is -0.222. The SMILES string of the molecule is Brc1cccc(-c2ccc3c(c2)-c2c(ccc4ccccc24)C32c3ccccc3-c3ccccc32)c1.CC(=O)O.Cl.OC1(c2ccc3ccccc3c2-c2cccc(-c3cccc(Br)c3)c2)c2ccccc2-c2ccccc21.OC1(c2ccc3ccccc3c2I)c2ccccc2-c2ccccc21.O[B]Oc1cccc(-c2cccc(Br)c2)c1. The van der Waals surface area contributed by atoms with Crippen molar-refractivity contribution in [2.24, 2.45) is 0 Å². The zero-order valence-corrected chi connectivity index (χ0v) is 71.9. The van der Waals surface area contributed by atoms with Crippen LogP contribution in [0.25, 0.3) is 121 Å². The van der Waals surface area contributed by atoms with Crippen molar-refractivity contribution in [3.8, 4) is 94.8 Å². The molecular weight excluding hydrogens is 1790 g/mol. The van der Waals surface area contributed by atoms with Crippen molar-refractivity contribution in [1.82, 2.24) is 0 Å². The van der Waals surface area contributed by atoms with Crippen molar-refractivity contribution in [1.29, 1.82) is 0 Å². The highest BCUT2D eigenvalue weighted by Gasteiger charge is 2.52. The number of aliphatic carboxylic acids is 1. The molecule has 18 aromatic rings. The number of rotatable bonds is 8. The van der Waals surface area contributed by atoms with E-state index in [2.05, 4.69) is 343 Å². The van der Waals surface area contributed by atoms with Gasteiger partial charge in [-0.3, -0.25) is 4.79 Å². The Kier molecular flexibility index (Phi) is 22.6. The fourth-order valence-corrected chi connectivity index (χ4v) is 20.4. The van der Waals surface area contributed by atoms with Crippen LogP contribution in [0.15, 0.2) is 408 Å². The van der Waals surface area contributed by atoms with E-state index in [0.717, 1.165) is 124 Å². The lowest BCUT2D eigenvalue weighted by molar-refractivity contribution is -0.134. The van der Waals surface area contributed by atoms with Crippen LogP contribution in [0.4, 0.5) is 0 Å². The smallest absolute Gasteiger partial charge is 0.537 e. The molecule has 12 heteroatoms. The molecule has 575 valence electrons. The normalized spacial score (nSPS) is 12.9. The number of carboxylic acid groups (broad SMARTS) is 1. The van der Waals surface area contributed by atoms with Gasteiger partial charge in [0.2, 0.25) is 0 Å². The van der Waals surface area contributed by atoms with E-state index in [1.54, 1.807) is 6.07 Å². The lowest BCUT2D eigenvalue weighted by Crippen LogP contribution is -2.27. The molecule has 0 aromatic heterocycles. The Morgan fingerprint density at radius 2 is 0.613 bits per heavy atom. The maximum atomic E-state index is 12.8. The quantitative estimate of drug-likeness (QED) is 0.0892. The van der Waals surface area contributed by atoms with E-state index in [9.17, 15) is 10.2 Å². The molecule has 119 heavy (non-hydrogen) atoms. The number of aliphatic hydroxyl groups is 2. The van der Waals surface area contributed by atoms with Crippen LogP contribution in [-0.4, -0.2) is 34.0 Å². The number of carbonyl (C=O) groups is 1. The average Bonchev–Trinajstić information content (AvgIpc) is 1.50. The number of fused-ring (bicyclic) bond motifs is 20. The average molecular weight is 1870 g/mol. The molecule has 0 aliphatic heterocycles. The molecule has 0 fully saturated rings. The molecule has 18 aromatic carbocycles. The molecule has 6 nitrogen and oxygen atoms in total. The molecule has 0 bridgehead atoms. The van der Waals surface area contributed by atoms with Gasteiger partial charge in [0.25, 0.3) is 5.97 Å². The Morgan fingerprint density at radius 3 is 1.07 bits per heavy atom. The fourth-order valence-electron chi connectivity index (χ4n) is 18.2. The van der Waals surface area contributed by atoms with Crippen LogP contribution in [-0.2, 0) is 21.4 Å². The summed E-state index contributed by atoms with van der Waals surface area (Å²) in [6.07, 6.45) is 0. The van der Waals surface area contributed by atoms with Crippen molar-refractivity contribution >= 4 is 129 Å². The molecule has 0 amide bonds. The van der Waals surface area contributed by atoms with Crippen molar-refractivity contribution in [2.75, 3.05) is 0 Å². The van der Waals surface area contributed by atoms with Gasteiger partial charge < -0.3 is 25.0 Å². The molecule has 0 saturated carbocycles. The van der Waals surface area contributed by atoms with E-state index in [1.807, 2.05) is 115 Å². The van der Waals surface area contributed by atoms with Crippen molar-refractivity contribution < 1.29 is 29.8 Å². The van der Waals surface area contributed by atoms with Crippen molar-refractivity contribution in [3.63, 3.8) is 0 Å². The largest absolute Gasteiger partial charge is 0.569 e. The summed E-state index contributed by atoms with van der Waals surface area (Å²) in [4.78, 5) is 9.00. The first-order valence-corrected chi connectivity index (χ1v) is 42.3. The highest BCUT2D eigenvalue weighted by atomic mass is 127. The first-order chi connectivity index (χ1) is 57.6. The van der Waals surface area contributed by atoms with Gasteiger partial charge in [0.05, 0.1) is 5.41 Å². The number of hydrogen-bond donors (Lipinski definition) is 4. The van der Waals surface area contributed by atoms with Gasteiger partial charge in [-0.2, -0.15) is 0 Å². The minimum atomic E-state index is -1.27. The monoisotopic (exact) mass is 1860 g/mol. The van der Waals surface area contributed by atoms with Crippen LogP contribution in [0, 0.1) is 3.57 Å². The molecule has 0 unspecified atom stereocenters. The van der Waals surface area contributed by atoms with E-state index in [-0.39, 0.29) is 17.8 Å². The Morgan fingerprint density at radius 1 is 0.303 bits per heavy atom. The Balaban J connectivity index is 0.000000116. The summed E-state index contributed by atoms with van der Waals surface area (Å²) in [6.45, 7) is 1.08. The zero-order chi connectivity index (χ0) is 80.8. The molecule has 1 spiro atoms. The molecule has 1 radical (unpaired) electrons. The van der Waals surface area contributed by atoms with Crippen LogP contribution in [0.2, 0.25) is 0 Å². The van der Waals surface area contributed by atoms with Gasteiger partial charge in [-0.25, -0.2) is 0 Å². The Bertz CT molecular complexity index is 6850. The summed E-state index contributed by atoms with van der Waals surface area (Å²) < 4.78 is 9.20. The summed E-state index contributed by atoms with van der Waals surface area (Å²) in [6, 6.07) is 138. The standard InChI is InChI=1S/C35H23BrO.C35H21Br.C23H15IO.C12H9BBrO2.C2H4O2.ClH/c36-27-13-8-11-25(22-27)24-10-7-12-26(21-24)34-28-14-2-1-9-23(28)19-20-33(34)35(37)31-17-5-3-15-29(31)30-16-4-6-18-32(30)35;36-25-10-7-9-23(20-25)24-17-18-32-29(21-24)34-26-11-2-1-8-22(26)16-19-33(34)35(32)30-14-5-3-12-27(30)28-13-4-6-15-31(28)35;24-22-16-8-2-1-7-15(16)13-14-21(22)23(25)19-11-5-3-9-17(19)18-10-4-6-12-20(18)23;14-11-5-1-3-9(7-11)10-4-2-6-12(8-10)16-13-15;1-2(3)4;/h1-22,37H;1-21H;1-14,25H;1-8,15H;1H3,(H,3,4);1H. The molecule has 4 aliphatic carbocycles. The van der Waals surface area contributed by atoms with E-state index in [0.29, 0.717) is 13.4 Å². The topological polar surface area (TPSA) is 107 Å². The van der Waals surface area contributed by atoms with Crippen molar-refractivity contribution in [3.05, 3.63) is 467 Å². The third-order valence-electron chi connectivity index (χ3n) is 23.0. The van der Waals surface area contributed by atoms with Crippen LogP contribution >= 0.6 is 82.8 Å². The van der Waals surface area contributed by atoms with Crippen LogP contribution < -0.4 is 4.65 Å². The lowest BCUT2D eigenvalue weighted by atomic mass is 9.70. The van der Waals surface area contributed by atoms with Crippen LogP contribution in [0.5, 0.6) is 5.75 Å². The highest BCUT2D eigenvalue weighted by Crippen LogP contribution is 2.65. The highest BCUT2D eigenvalue weighted by molar-refractivity contribution is 14.1. The number of halogens is 5. The number of carboxylic acids is 1. The second-order valence-corrected chi connectivity index (χ2v) is 33.5. The van der Waals surface area contributed by atoms with Gasteiger partial charge in [-0.1, -0.05) is 381 Å². The van der Waals surface area contributed by atoms with Crippen LogP contribution in [0.3, 0.4) is 0 Å². The van der Waals surface area contributed by atoms with E-state index in [1.165, 1.54) is 77.2 Å². The Hall–Kier alpha value is -11.6. The minimum absolute atomic E-state index is 0. The predicted octanol–water partition coefficient (Wildman–Crippen LogP) is 28.1. The fraction of sp³-hybridized carbons (Fsp3) is 0.0374. The predicted molar refractivity (Wildman–Crippen MR) is 509 cm³/mol. The second-order valence-electron chi connectivity index (χ2n) is 29.7. The summed E-state index contributed by atoms with van der Waals surface area (Å²) >= 11 is 13.1. The third-order valence-corrected chi connectivity index (χ3v) is 25.7. The van der Waals surface area contributed by atoms with Gasteiger partial charge in [0, 0.05) is 57.3 Å². The summed E-state index contributed by atoms with van der Waals surface area (Å²) in [5.41, 5.74) is 27.3. The van der Waals surface area contributed by atoms with Crippen molar-refractivity contribution in [2.45, 2.75) is 23.5 Å². The summed E-state index contributed by atoms with van der Waals surface area (Å²) in [7, 11) is 0.681. The van der Waals surface area contributed by atoms with E-state index in [4.69, 9.17) is 19.6 Å². The molecule has 22 rings (SSSR count). The van der Waals surface area contributed by atoms with Crippen LogP contribution in [0.1, 0.15) is 62.6 Å². The molecular formula is C107H73BBr3ClIO6. The maximum absolute atomic E-state index is 12.8. The first-order valence-electron chi connectivity index (χ1n) is 38.9. The van der Waals surface area contributed by atoms with Gasteiger partial charge in [0.1, 0.15) is 17.0 Å². The molecule has 0 heterocycles. The summed E-state index contributed by atoms with van der Waals surface area (Å²) in [5, 5.41) is 48.0. The van der Waals surface area contributed by atoms with Gasteiger partial charge in [-0.15, -0.1) is 12.4 Å². The molecule has 0 atom stereocenters. The third kappa shape index (κ3) is 14.3. The second kappa shape index (κ2) is 33.7. The lowest BCUT2D eigenvalue weighted by Gasteiger charge is -2.30. The first kappa shape index (κ1) is 79.9. The Labute approximate surface area is 737 Å². The molecule has 4 N–H and O–H groups in total. The number of benzene rings is 18. The van der Waals surface area contributed by atoms with Gasteiger partial charge in [0.15, 0.2) is 0 Å². The molecule has 0 saturated heterocycles. The van der Waals surface area contributed by atoms with E-state index < -0.39 is 17.2 Å². The van der Waals surface area contributed by atoms with E-state index >= 15 is 0 Å².